The molecule has 106 valence electrons. The van der Waals surface area contributed by atoms with Crippen molar-refractivity contribution in [2.24, 2.45) is 5.92 Å². The van der Waals surface area contributed by atoms with Crippen LogP contribution in [0, 0.1) is 5.92 Å². The fourth-order valence-electron chi connectivity index (χ4n) is 3.40. The molecule has 0 aromatic rings. The SMILES string of the molecule is CC1CCCC(C)N1S(=O)(=O)CC1CCCNC1. The third kappa shape index (κ3) is 3.25. The van der Waals surface area contributed by atoms with Crippen LogP contribution in [0.4, 0.5) is 0 Å². The smallest absolute Gasteiger partial charge is 0.214 e. The van der Waals surface area contributed by atoms with Gasteiger partial charge in [-0.25, -0.2) is 8.42 Å². The first-order valence-corrected chi connectivity index (χ1v) is 8.83. The lowest BCUT2D eigenvalue weighted by Crippen LogP contribution is -2.50. The van der Waals surface area contributed by atoms with Crippen LogP contribution in [0.5, 0.6) is 0 Å². The number of nitrogens with zero attached hydrogens (tertiary/aromatic N) is 1. The van der Waals surface area contributed by atoms with Crippen LogP contribution >= 0.6 is 0 Å². The van der Waals surface area contributed by atoms with E-state index in [2.05, 4.69) is 5.32 Å². The second-order valence-corrected chi connectivity index (χ2v) is 7.87. The summed E-state index contributed by atoms with van der Waals surface area (Å²) in [6.07, 6.45) is 5.31. The summed E-state index contributed by atoms with van der Waals surface area (Å²) in [7, 11) is -3.09. The van der Waals surface area contributed by atoms with Gasteiger partial charge in [0.05, 0.1) is 5.75 Å². The Kier molecular flexibility index (Phi) is 4.67. The van der Waals surface area contributed by atoms with Gasteiger partial charge in [0.25, 0.3) is 0 Å². The minimum Gasteiger partial charge on any atom is -0.316 e. The molecule has 2 fully saturated rings. The van der Waals surface area contributed by atoms with Crippen LogP contribution in [-0.4, -0.2) is 43.6 Å². The van der Waals surface area contributed by atoms with Gasteiger partial charge < -0.3 is 5.32 Å². The van der Waals surface area contributed by atoms with Crippen molar-refractivity contribution in [2.45, 2.75) is 58.0 Å². The molecule has 3 unspecified atom stereocenters. The van der Waals surface area contributed by atoms with Crippen LogP contribution in [0.15, 0.2) is 0 Å². The van der Waals surface area contributed by atoms with Gasteiger partial charge in [0.1, 0.15) is 0 Å². The molecular weight excluding hydrogens is 248 g/mol. The van der Waals surface area contributed by atoms with Gasteiger partial charge in [0.2, 0.25) is 10.0 Å². The van der Waals surface area contributed by atoms with E-state index in [9.17, 15) is 8.42 Å². The molecule has 18 heavy (non-hydrogen) atoms. The van der Waals surface area contributed by atoms with Crippen molar-refractivity contribution < 1.29 is 8.42 Å². The normalized spacial score (nSPS) is 35.6. The summed E-state index contributed by atoms with van der Waals surface area (Å²) in [5, 5.41) is 3.30. The van der Waals surface area contributed by atoms with E-state index in [0.29, 0.717) is 11.7 Å². The predicted molar refractivity (Wildman–Crippen MR) is 74.0 cm³/mol. The first-order chi connectivity index (χ1) is 8.50. The molecule has 2 saturated heterocycles. The summed E-state index contributed by atoms with van der Waals surface area (Å²) >= 11 is 0. The van der Waals surface area contributed by atoms with Gasteiger partial charge in [-0.1, -0.05) is 6.42 Å². The Hall–Kier alpha value is -0.130. The molecule has 0 bridgehead atoms. The Balaban J connectivity index is 2.04. The summed E-state index contributed by atoms with van der Waals surface area (Å²) in [5.74, 6) is 0.624. The first kappa shape index (κ1) is 14.3. The van der Waals surface area contributed by atoms with Gasteiger partial charge in [-0.15, -0.1) is 0 Å². The molecule has 0 radical (unpaired) electrons. The molecule has 0 spiro atoms. The summed E-state index contributed by atoms with van der Waals surface area (Å²) in [5.41, 5.74) is 0. The van der Waals surface area contributed by atoms with Crippen molar-refractivity contribution >= 4 is 10.0 Å². The Morgan fingerprint density at radius 1 is 1.11 bits per heavy atom. The lowest BCUT2D eigenvalue weighted by molar-refractivity contribution is 0.202. The number of piperidine rings is 2. The molecule has 2 aliphatic rings. The van der Waals surface area contributed by atoms with Gasteiger partial charge in [-0.2, -0.15) is 4.31 Å². The van der Waals surface area contributed by atoms with Gasteiger partial charge in [0, 0.05) is 12.1 Å². The lowest BCUT2D eigenvalue weighted by Gasteiger charge is -2.38. The number of hydrogen-bond acceptors (Lipinski definition) is 3. The van der Waals surface area contributed by atoms with Crippen molar-refractivity contribution in [3.05, 3.63) is 0 Å². The summed E-state index contributed by atoms with van der Waals surface area (Å²) < 4.78 is 26.9. The molecule has 2 aliphatic heterocycles. The van der Waals surface area contributed by atoms with Crippen LogP contribution in [0.3, 0.4) is 0 Å². The zero-order chi connectivity index (χ0) is 13.2. The minimum absolute atomic E-state index is 0.176. The number of rotatable bonds is 3. The molecule has 0 aliphatic carbocycles. The average Bonchev–Trinajstić information content (AvgIpc) is 2.28. The van der Waals surface area contributed by atoms with E-state index >= 15 is 0 Å². The Bertz CT molecular complexity index is 353. The van der Waals surface area contributed by atoms with Gasteiger partial charge in [-0.3, -0.25) is 0 Å². The van der Waals surface area contributed by atoms with Crippen molar-refractivity contribution in [1.82, 2.24) is 9.62 Å². The van der Waals surface area contributed by atoms with Crippen LogP contribution < -0.4 is 5.32 Å². The molecule has 0 amide bonds. The van der Waals surface area contributed by atoms with E-state index in [1.807, 2.05) is 13.8 Å². The standard InChI is InChI=1S/C13H26N2O2S/c1-11-5-3-6-12(2)15(11)18(16,17)10-13-7-4-8-14-9-13/h11-14H,3-10H2,1-2H3. The molecule has 0 aromatic carbocycles. The van der Waals surface area contributed by atoms with Crippen molar-refractivity contribution in [2.75, 3.05) is 18.8 Å². The highest BCUT2D eigenvalue weighted by Gasteiger charge is 2.35. The van der Waals surface area contributed by atoms with Gasteiger partial charge in [0.15, 0.2) is 0 Å². The Morgan fingerprint density at radius 2 is 1.78 bits per heavy atom. The Morgan fingerprint density at radius 3 is 2.33 bits per heavy atom. The molecule has 2 rings (SSSR count). The van der Waals surface area contributed by atoms with E-state index in [4.69, 9.17) is 0 Å². The maximum Gasteiger partial charge on any atom is 0.214 e. The maximum atomic E-state index is 12.6. The molecule has 2 heterocycles. The first-order valence-electron chi connectivity index (χ1n) is 7.22. The van der Waals surface area contributed by atoms with Crippen LogP contribution in [0.1, 0.15) is 46.0 Å². The van der Waals surface area contributed by atoms with Crippen molar-refractivity contribution in [1.29, 1.82) is 0 Å². The monoisotopic (exact) mass is 274 g/mol. The van der Waals surface area contributed by atoms with E-state index in [0.717, 1.165) is 45.2 Å². The zero-order valence-corrected chi connectivity index (χ0v) is 12.4. The quantitative estimate of drug-likeness (QED) is 0.850. The van der Waals surface area contributed by atoms with Crippen LogP contribution in [0.2, 0.25) is 0 Å². The highest BCUT2D eigenvalue weighted by atomic mass is 32.2. The van der Waals surface area contributed by atoms with Crippen LogP contribution in [0.25, 0.3) is 0 Å². The van der Waals surface area contributed by atoms with Gasteiger partial charge in [-0.05, 0) is 58.5 Å². The summed E-state index contributed by atoms with van der Waals surface area (Å²) in [6.45, 7) is 5.99. The largest absolute Gasteiger partial charge is 0.316 e. The van der Waals surface area contributed by atoms with Crippen molar-refractivity contribution in [3.8, 4) is 0 Å². The average molecular weight is 274 g/mol. The second-order valence-electron chi connectivity index (χ2n) is 5.95. The molecule has 1 N–H and O–H groups in total. The topological polar surface area (TPSA) is 49.4 Å². The highest BCUT2D eigenvalue weighted by Crippen LogP contribution is 2.27. The van der Waals surface area contributed by atoms with E-state index in [1.165, 1.54) is 0 Å². The summed E-state index contributed by atoms with van der Waals surface area (Å²) in [4.78, 5) is 0. The number of sulfonamides is 1. The van der Waals surface area contributed by atoms with Crippen LogP contribution in [-0.2, 0) is 10.0 Å². The molecular formula is C13H26N2O2S. The zero-order valence-electron chi connectivity index (χ0n) is 11.6. The third-order valence-electron chi connectivity index (χ3n) is 4.28. The molecule has 4 nitrogen and oxygen atoms in total. The fourth-order valence-corrected chi connectivity index (χ4v) is 5.76. The lowest BCUT2D eigenvalue weighted by atomic mass is 10.0. The van der Waals surface area contributed by atoms with Crippen molar-refractivity contribution in [3.63, 3.8) is 0 Å². The highest BCUT2D eigenvalue weighted by molar-refractivity contribution is 7.89. The molecule has 0 saturated carbocycles. The predicted octanol–water partition coefficient (Wildman–Crippen LogP) is 1.58. The molecule has 0 aromatic heterocycles. The third-order valence-corrected chi connectivity index (χ3v) is 6.53. The Labute approximate surface area is 111 Å². The molecule has 3 atom stereocenters. The number of hydrogen-bond donors (Lipinski definition) is 1. The fraction of sp³-hybridized carbons (Fsp3) is 1.00. The second kappa shape index (κ2) is 5.88. The van der Waals surface area contributed by atoms with E-state index < -0.39 is 10.0 Å². The number of nitrogens with one attached hydrogen (secondary N) is 1. The minimum atomic E-state index is -3.09. The van der Waals surface area contributed by atoms with Gasteiger partial charge >= 0.3 is 0 Å². The molecule has 5 heteroatoms. The van der Waals surface area contributed by atoms with E-state index in [-0.39, 0.29) is 12.1 Å². The maximum absolute atomic E-state index is 12.6. The van der Waals surface area contributed by atoms with E-state index in [1.54, 1.807) is 4.31 Å². The summed E-state index contributed by atoms with van der Waals surface area (Å²) in [6, 6.07) is 0.352.